The second kappa shape index (κ2) is 10.6. The molecule has 0 aromatic heterocycles. The summed E-state index contributed by atoms with van der Waals surface area (Å²) in [6.07, 6.45) is 1.94. The minimum Gasteiger partial charge on any atom is -0.481 e. The molecule has 0 bridgehead atoms. The maximum atomic E-state index is 11.9. The second-order valence-corrected chi connectivity index (χ2v) is 5.71. The third-order valence-electron chi connectivity index (χ3n) is 3.45. The van der Waals surface area contributed by atoms with E-state index in [4.69, 9.17) is 10.2 Å². The second-order valence-electron chi connectivity index (χ2n) is 5.71. The van der Waals surface area contributed by atoms with Gasteiger partial charge in [0.1, 0.15) is 0 Å². The molecule has 0 heterocycles. The molecular formula is C17H26N2O4. The Morgan fingerprint density at radius 1 is 1.17 bits per heavy atom. The standard InChI is InChI=1S/C17H26N2O4/c1-13(20)6-5-11-18-17(23)19-15(9-10-16(21)22)12-14-7-3-2-4-8-14/h2-4,7-8,13,15,20H,5-6,9-12H2,1H3,(H,21,22)(H2,18,19,23). The van der Waals surface area contributed by atoms with E-state index in [-0.39, 0.29) is 24.6 Å². The zero-order valence-electron chi connectivity index (χ0n) is 13.5. The molecular weight excluding hydrogens is 296 g/mol. The highest BCUT2D eigenvalue weighted by Gasteiger charge is 2.14. The number of aliphatic hydroxyl groups excluding tert-OH is 1. The van der Waals surface area contributed by atoms with Gasteiger partial charge < -0.3 is 20.8 Å². The van der Waals surface area contributed by atoms with Crippen molar-refractivity contribution in [2.75, 3.05) is 6.54 Å². The quantitative estimate of drug-likeness (QED) is 0.495. The lowest BCUT2D eigenvalue weighted by Gasteiger charge is -2.19. The van der Waals surface area contributed by atoms with Crippen LogP contribution in [0.15, 0.2) is 30.3 Å². The Hall–Kier alpha value is -2.08. The van der Waals surface area contributed by atoms with E-state index < -0.39 is 5.97 Å². The average Bonchev–Trinajstić information content (AvgIpc) is 2.50. The average molecular weight is 322 g/mol. The molecule has 0 aliphatic carbocycles. The number of hydrogen-bond acceptors (Lipinski definition) is 3. The molecule has 0 radical (unpaired) electrons. The highest BCUT2D eigenvalue weighted by molar-refractivity contribution is 5.74. The van der Waals surface area contributed by atoms with Gasteiger partial charge in [0.25, 0.3) is 0 Å². The van der Waals surface area contributed by atoms with Gasteiger partial charge in [0.2, 0.25) is 0 Å². The third kappa shape index (κ3) is 9.52. The molecule has 2 unspecified atom stereocenters. The molecule has 0 saturated heterocycles. The van der Waals surface area contributed by atoms with Crippen LogP contribution in [0.4, 0.5) is 4.79 Å². The number of amides is 2. The molecule has 1 aromatic carbocycles. The molecule has 1 aromatic rings. The van der Waals surface area contributed by atoms with Crippen molar-refractivity contribution in [3.63, 3.8) is 0 Å². The molecule has 0 saturated carbocycles. The maximum absolute atomic E-state index is 11.9. The summed E-state index contributed by atoms with van der Waals surface area (Å²) in [5.74, 6) is -0.873. The lowest BCUT2D eigenvalue weighted by molar-refractivity contribution is -0.137. The van der Waals surface area contributed by atoms with E-state index in [9.17, 15) is 9.59 Å². The predicted molar refractivity (Wildman–Crippen MR) is 88.3 cm³/mol. The van der Waals surface area contributed by atoms with Crippen LogP contribution in [0.1, 0.15) is 38.2 Å². The minimum atomic E-state index is -0.873. The molecule has 6 heteroatoms. The smallest absolute Gasteiger partial charge is 0.315 e. The Bertz CT molecular complexity index is 477. The number of aliphatic carboxylic acids is 1. The molecule has 0 spiro atoms. The molecule has 128 valence electrons. The number of urea groups is 1. The Kier molecular flexibility index (Phi) is 8.75. The zero-order chi connectivity index (χ0) is 17.1. The van der Waals surface area contributed by atoms with Gasteiger partial charge in [0.15, 0.2) is 0 Å². The van der Waals surface area contributed by atoms with Gasteiger partial charge in [0.05, 0.1) is 6.10 Å². The van der Waals surface area contributed by atoms with Crippen molar-refractivity contribution < 1.29 is 19.8 Å². The largest absolute Gasteiger partial charge is 0.481 e. The van der Waals surface area contributed by atoms with Gasteiger partial charge in [-0.25, -0.2) is 4.79 Å². The third-order valence-corrected chi connectivity index (χ3v) is 3.45. The lowest BCUT2D eigenvalue weighted by atomic mass is 10.0. The van der Waals surface area contributed by atoms with E-state index in [2.05, 4.69) is 10.6 Å². The van der Waals surface area contributed by atoms with Crippen LogP contribution in [0.25, 0.3) is 0 Å². The molecule has 4 N–H and O–H groups in total. The summed E-state index contributed by atoms with van der Waals surface area (Å²) in [5.41, 5.74) is 1.05. The number of hydrogen-bond donors (Lipinski definition) is 4. The highest BCUT2D eigenvalue weighted by Crippen LogP contribution is 2.08. The van der Waals surface area contributed by atoms with Gasteiger partial charge >= 0.3 is 12.0 Å². The number of nitrogens with one attached hydrogen (secondary N) is 2. The summed E-state index contributed by atoms with van der Waals surface area (Å²) in [7, 11) is 0. The van der Waals surface area contributed by atoms with Crippen molar-refractivity contribution in [1.29, 1.82) is 0 Å². The lowest BCUT2D eigenvalue weighted by Crippen LogP contribution is -2.43. The van der Waals surface area contributed by atoms with E-state index in [1.54, 1.807) is 6.92 Å². The normalized spacial score (nSPS) is 13.1. The molecule has 0 aliphatic rings. The summed E-state index contributed by atoms with van der Waals surface area (Å²) in [5, 5.41) is 23.6. The van der Waals surface area contributed by atoms with Crippen LogP contribution in [0.3, 0.4) is 0 Å². The summed E-state index contributed by atoms with van der Waals surface area (Å²) in [6.45, 7) is 2.19. The zero-order valence-corrected chi connectivity index (χ0v) is 13.5. The number of carboxylic acids is 1. The van der Waals surface area contributed by atoms with Crippen molar-refractivity contribution in [2.45, 2.75) is 51.2 Å². The van der Waals surface area contributed by atoms with Crippen LogP contribution in [0.5, 0.6) is 0 Å². The summed E-state index contributed by atoms with van der Waals surface area (Å²) in [6, 6.07) is 9.12. The van der Waals surface area contributed by atoms with Gasteiger partial charge in [-0.05, 0) is 38.2 Å². The van der Waals surface area contributed by atoms with Crippen LogP contribution >= 0.6 is 0 Å². The van der Waals surface area contributed by atoms with Crippen LogP contribution < -0.4 is 10.6 Å². The summed E-state index contributed by atoms with van der Waals surface area (Å²) < 4.78 is 0. The van der Waals surface area contributed by atoms with E-state index >= 15 is 0 Å². The Morgan fingerprint density at radius 3 is 2.48 bits per heavy atom. The number of carbonyl (C=O) groups is 2. The highest BCUT2D eigenvalue weighted by atomic mass is 16.4. The SMILES string of the molecule is CC(O)CCCNC(=O)NC(CCC(=O)O)Cc1ccccc1. The first kappa shape index (κ1) is 19.0. The predicted octanol–water partition coefficient (Wildman–Crippen LogP) is 1.92. The van der Waals surface area contributed by atoms with Crippen LogP contribution in [0, 0.1) is 0 Å². The van der Waals surface area contributed by atoms with Gasteiger partial charge in [-0.2, -0.15) is 0 Å². The van der Waals surface area contributed by atoms with Crippen molar-refractivity contribution in [3.05, 3.63) is 35.9 Å². The summed E-state index contributed by atoms with van der Waals surface area (Å²) >= 11 is 0. The van der Waals surface area contributed by atoms with Gasteiger partial charge in [-0.15, -0.1) is 0 Å². The van der Waals surface area contributed by atoms with Gasteiger partial charge in [0, 0.05) is 19.0 Å². The first-order chi connectivity index (χ1) is 11.0. The van der Waals surface area contributed by atoms with Crippen LogP contribution in [0.2, 0.25) is 0 Å². The van der Waals surface area contributed by atoms with Crippen molar-refractivity contribution >= 4 is 12.0 Å². The molecule has 0 fully saturated rings. The number of carbonyl (C=O) groups excluding carboxylic acids is 1. The van der Waals surface area contributed by atoms with E-state index in [0.29, 0.717) is 32.2 Å². The number of carboxylic acid groups (broad SMARTS) is 1. The molecule has 2 atom stereocenters. The Balaban J connectivity index is 2.44. The van der Waals surface area contributed by atoms with Crippen molar-refractivity contribution in [3.8, 4) is 0 Å². The fourth-order valence-corrected chi connectivity index (χ4v) is 2.26. The Morgan fingerprint density at radius 2 is 1.87 bits per heavy atom. The topological polar surface area (TPSA) is 98.7 Å². The fraction of sp³-hybridized carbons (Fsp3) is 0.529. The number of benzene rings is 1. The minimum absolute atomic E-state index is 0.0137. The van der Waals surface area contributed by atoms with E-state index in [0.717, 1.165) is 5.56 Å². The number of rotatable bonds is 10. The fourth-order valence-electron chi connectivity index (χ4n) is 2.26. The first-order valence-corrected chi connectivity index (χ1v) is 7.95. The molecule has 2 amide bonds. The monoisotopic (exact) mass is 322 g/mol. The van der Waals surface area contributed by atoms with Gasteiger partial charge in [-0.3, -0.25) is 4.79 Å². The van der Waals surface area contributed by atoms with Crippen molar-refractivity contribution in [2.24, 2.45) is 0 Å². The molecule has 23 heavy (non-hydrogen) atoms. The first-order valence-electron chi connectivity index (χ1n) is 7.95. The maximum Gasteiger partial charge on any atom is 0.315 e. The summed E-state index contributed by atoms with van der Waals surface area (Å²) in [4.78, 5) is 22.7. The number of aliphatic hydroxyl groups is 1. The molecule has 1 rings (SSSR count). The van der Waals surface area contributed by atoms with E-state index in [1.165, 1.54) is 0 Å². The van der Waals surface area contributed by atoms with Crippen molar-refractivity contribution in [1.82, 2.24) is 10.6 Å². The van der Waals surface area contributed by atoms with Crippen LogP contribution in [-0.2, 0) is 11.2 Å². The van der Waals surface area contributed by atoms with E-state index in [1.807, 2.05) is 30.3 Å². The molecule has 6 nitrogen and oxygen atoms in total. The van der Waals surface area contributed by atoms with Crippen LogP contribution in [-0.4, -0.2) is 40.9 Å². The van der Waals surface area contributed by atoms with Gasteiger partial charge in [-0.1, -0.05) is 30.3 Å². The molecule has 0 aliphatic heterocycles. The Labute approximate surface area is 136 Å².